The number of esters is 1. The van der Waals surface area contributed by atoms with Gasteiger partial charge in [0.25, 0.3) is 0 Å². The van der Waals surface area contributed by atoms with Crippen LogP contribution in [0, 0.1) is 17.3 Å². The van der Waals surface area contributed by atoms with Crippen LogP contribution in [0.2, 0.25) is 5.02 Å². The number of aliphatic imine (C=N–C) groups is 1. The highest BCUT2D eigenvalue weighted by Crippen LogP contribution is 2.61. The molecule has 2 bridgehead atoms. The Balaban J connectivity index is 1.56. The summed E-state index contributed by atoms with van der Waals surface area (Å²) in [4.78, 5) is 17.5. The van der Waals surface area contributed by atoms with E-state index in [9.17, 15) is 15.0 Å². The number of carbonyl (C=O) groups is 1. The Morgan fingerprint density at radius 3 is 2.51 bits per heavy atom. The van der Waals surface area contributed by atoms with Crippen molar-refractivity contribution in [3.05, 3.63) is 64.7 Å². The molecular weight excluding hydrogens is 466 g/mol. The van der Waals surface area contributed by atoms with Gasteiger partial charge in [0.1, 0.15) is 24.1 Å². The molecule has 35 heavy (non-hydrogen) atoms. The van der Waals surface area contributed by atoms with Gasteiger partial charge in [0.15, 0.2) is 6.04 Å². The second-order valence-corrected chi connectivity index (χ2v) is 10.7. The van der Waals surface area contributed by atoms with Crippen LogP contribution in [0.15, 0.2) is 53.5 Å². The van der Waals surface area contributed by atoms with Crippen molar-refractivity contribution in [2.75, 3.05) is 6.61 Å². The minimum absolute atomic E-state index is 0.0175. The lowest BCUT2D eigenvalue weighted by molar-refractivity contribution is -0.148. The third-order valence-corrected chi connectivity index (χ3v) is 8.13. The van der Waals surface area contributed by atoms with Crippen LogP contribution < -0.4 is 4.74 Å². The predicted octanol–water partition coefficient (Wildman–Crippen LogP) is 5.14. The molecule has 7 heteroatoms. The molecule has 188 valence electrons. The van der Waals surface area contributed by atoms with Gasteiger partial charge in [0.2, 0.25) is 0 Å². The SMILES string of the molecule is CCOC(=O)[C@H](N=C1C[C@H]2C[C@H](C2(C)C)[C@@]1(C)O)[C@H](O)c1ccc(OCc2ccccc2)c(Cl)c1. The van der Waals surface area contributed by atoms with Gasteiger partial charge in [-0.2, -0.15) is 0 Å². The first kappa shape index (κ1) is 25.7. The number of carbonyl (C=O) groups excluding carboxylic acids is 1. The van der Waals surface area contributed by atoms with Crippen LogP contribution in [0.5, 0.6) is 5.75 Å². The Labute approximate surface area is 211 Å². The van der Waals surface area contributed by atoms with Crippen LogP contribution in [0.3, 0.4) is 0 Å². The highest BCUT2D eigenvalue weighted by Gasteiger charge is 2.61. The summed E-state index contributed by atoms with van der Waals surface area (Å²) in [6.45, 7) is 8.32. The van der Waals surface area contributed by atoms with Crippen molar-refractivity contribution >= 4 is 23.3 Å². The Hall–Kier alpha value is -2.41. The second-order valence-electron chi connectivity index (χ2n) is 10.3. The molecule has 0 unspecified atom stereocenters. The van der Waals surface area contributed by atoms with Crippen molar-refractivity contribution in [2.45, 2.75) is 64.9 Å². The molecule has 6 nitrogen and oxygen atoms in total. The zero-order valence-electron chi connectivity index (χ0n) is 20.7. The third-order valence-electron chi connectivity index (χ3n) is 7.83. The molecule has 3 saturated carbocycles. The van der Waals surface area contributed by atoms with Crippen LogP contribution in [0.25, 0.3) is 0 Å². The Morgan fingerprint density at radius 1 is 1.20 bits per heavy atom. The predicted molar refractivity (Wildman–Crippen MR) is 136 cm³/mol. The molecule has 5 rings (SSSR count). The number of aliphatic hydroxyl groups excluding tert-OH is 1. The van der Waals surface area contributed by atoms with Crippen molar-refractivity contribution in [3.8, 4) is 5.75 Å². The van der Waals surface area contributed by atoms with Gasteiger partial charge in [-0.3, -0.25) is 4.99 Å². The maximum Gasteiger partial charge on any atom is 0.333 e. The molecule has 0 saturated heterocycles. The summed E-state index contributed by atoms with van der Waals surface area (Å²) in [6, 6.07) is 13.4. The average molecular weight is 500 g/mol. The second kappa shape index (κ2) is 9.92. The standard InChI is InChI=1S/C28H34ClNO5/c1-5-34-26(32)24(30-23-15-19-14-22(27(19,2)3)28(23,4)33)25(31)18-11-12-21(20(29)13-18)35-16-17-9-7-6-8-10-17/h6-13,19,22,24-25,31,33H,5,14-16H2,1-4H3/t19-,22-,24-,25-,28-/m1/s1. The van der Waals surface area contributed by atoms with E-state index >= 15 is 0 Å². The molecule has 2 aromatic carbocycles. The molecule has 2 aromatic rings. The van der Waals surface area contributed by atoms with Crippen molar-refractivity contribution in [2.24, 2.45) is 22.2 Å². The van der Waals surface area contributed by atoms with Crippen molar-refractivity contribution in [1.29, 1.82) is 0 Å². The topological polar surface area (TPSA) is 88.4 Å². The van der Waals surface area contributed by atoms with E-state index in [1.54, 1.807) is 32.0 Å². The zero-order chi connectivity index (χ0) is 25.4. The minimum Gasteiger partial charge on any atom is -0.487 e. The molecule has 0 amide bonds. The van der Waals surface area contributed by atoms with Crippen LogP contribution in [-0.4, -0.2) is 40.1 Å². The average Bonchev–Trinajstić information content (AvgIpc) is 2.82. The lowest BCUT2D eigenvalue weighted by atomic mass is 9.44. The maximum atomic E-state index is 12.8. The van der Waals surface area contributed by atoms with Crippen molar-refractivity contribution in [3.63, 3.8) is 0 Å². The van der Waals surface area contributed by atoms with Crippen molar-refractivity contribution < 1.29 is 24.5 Å². The van der Waals surface area contributed by atoms with Gasteiger partial charge < -0.3 is 19.7 Å². The van der Waals surface area contributed by atoms with Gasteiger partial charge in [-0.25, -0.2) is 4.79 Å². The molecule has 2 N–H and O–H groups in total. The van der Waals surface area contributed by atoms with Gasteiger partial charge >= 0.3 is 5.97 Å². The highest BCUT2D eigenvalue weighted by molar-refractivity contribution is 6.32. The van der Waals surface area contributed by atoms with E-state index in [0.717, 1.165) is 12.0 Å². The molecule has 0 aliphatic heterocycles. The normalized spacial score (nSPS) is 27.6. The smallest absolute Gasteiger partial charge is 0.333 e. The number of fused-ring (bicyclic) bond motifs is 2. The van der Waals surface area contributed by atoms with Crippen LogP contribution >= 0.6 is 11.6 Å². The molecule has 3 fully saturated rings. The largest absolute Gasteiger partial charge is 0.487 e. The van der Waals surface area contributed by atoms with E-state index in [-0.39, 0.29) is 17.9 Å². The zero-order valence-corrected chi connectivity index (χ0v) is 21.5. The van der Waals surface area contributed by atoms with Gasteiger partial charge in [0.05, 0.1) is 11.6 Å². The number of benzene rings is 2. The summed E-state index contributed by atoms with van der Waals surface area (Å²) >= 11 is 6.45. The fraction of sp³-hybridized carbons (Fsp3) is 0.500. The van der Waals surface area contributed by atoms with E-state index in [1.165, 1.54) is 0 Å². The first-order chi connectivity index (χ1) is 16.6. The number of aliphatic hydroxyl groups is 2. The number of halogens is 1. The summed E-state index contributed by atoms with van der Waals surface area (Å²) in [7, 11) is 0. The Kier molecular flexibility index (Phi) is 7.28. The first-order valence-corrected chi connectivity index (χ1v) is 12.5. The number of rotatable bonds is 8. The monoisotopic (exact) mass is 499 g/mol. The molecule has 0 radical (unpaired) electrons. The first-order valence-electron chi connectivity index (χ1n) is 12.2. The molecular formula is C28H34ClNO5. The number of ether oxygens (including phenoxy) is 2. The van der Waals surface area contributed by atoms with E-state index < -0.39 is 23.7 Å². The number of hydrogen-bond acceptors (Lipinski definition) is 6. The van der Waals surface area contributed by atoms with Crippen molar-refractivity contribution in [1.82, 2.24) is 0 Å². The van der Waals surface area contributed by atoms with Crippen LogP contribution in [0.4, 0.5) is 0 Å². The van der Waals surface area contributed by atoms with Gasteiger partial charge in [-0.15, -0.1) is 0 Å². The summed E-state index contributed by atoms with van der Waals surface area (Å²) in [5.41, 5.74) is 0.847. The molecule has 0 aromatic heterocycles. The lowest BCUT2D eigenvalue weighted by Gasteiger charge is -2.62. The molecule has 3 aliphatic carbocycles. The maximum absolute atomic E-state index is 12.8. The molecule has 5 atom stereocenters. The van der Waals surface area contributed by atoms with Gasteiger partial charge in [-0.1, -0.05) is 61.8 Å². The van der Waals surface area contributed by atoms with Gasteiger partial charge in [0, 0.05) is 5.71 Å². The van der Waals surface area contributed by atoms with E-state index in [0.29, 0.717) is 41.0 Å². The summed E-state index contributed by atoms with van der Waals surface area (Å²) in [6.07, 6.45) is 0.238. The van der Waals surface area contributed by atoms with Crippen LogP contribution in [-0.2, 0) is 16.1 Å². The van der Waals surface area contributed by atoms with E-state index in [4.69, 9.17) is 21.1 Å². The minimum atomic E-state index is -1.29. The highest BCUT2D eigenvalue weighted by atomic mass is 35.5. The van der Waals surface area contributed by atoms with Crippen LogP contribution in [0.1, 0.15) is 57.8 Å². The molecule has 3 aliphatic rings. The summed E-state index contributed by atoms with van der Waals surface area (Å²) in [5.74, 6) is 0.287. The quantitative estimate of drug-likeness (QED) is 0.491. The summed E-state index contributed by atoms with van der Waals surface area (Å²) < 4.78 is 11.1. The number of nitrogens with zero attached hydrogens (tertiary/aromatic N) is 1. The Morgan fingerprint density at radius 2 is 1.91 bits per heavy atom. The van der Waals surface area contributed by atoms with Gasteiger partial charge in [-0.05, 0) is 67.2 Å². The Bertz CT molecular complexity index is 1100. The van der Waals surface area contributed by atoms with E-state index in [2.05, 4.69) is 18.8 Å². The third kappa shape index (κ3) is 4.97. The fourth-order valence-corrected chi connectivity index (χ4v) is 5.77. The fourth-order valence-electron chi connectivity index (χ4n) is 5.52. The molecule has 0 heterocycles. The number of hydrogen-bond donors (Lipinski definition) is 2. The summed E-state index contributed by atoms with van der Waals surface area (Å²) in [5, 5.41) is 22.8. The van der Waals surface area contributed by atoms with E-state index in [1.807, 2.05) is 30.3 Å². The lowest BCUT2D eigenvalue weighted by Crippen LogP contribution is -2.65. The molecule has 0 spiro atoms.